The topological polar surface area (TPSA) is 123 Å². The number of carbonyl (C=O) groups is 1. The number of carbonyl (C=O) groups excluding carboxylic acids is 1. The number of aromatic nitrogens is 4. The highest BCUT2D eigenvalue weighted by Crippen LogP contribution is 2.31. The van der Waals surface area contributed by atoms with Gasteiger partial charge >= 0.3 is 5.97 Å². The van der Waals surface area contributed by atoms with Crippen molar-refractivity contribution in [2.45, 2.75) is 45.1 Å². The van der Waals surface area contributed by atoms with Crippen LogP contribution in [-0.2, 0) is 23.0 Å². The Morgan fingerprint density at radius 3 is 2.86 bits per heavy atom. The molecular weight excluding hydrogens is 374 g/mol. The number of nitrogens with one attached hydrogen (secondary N) is 1. The Labute approximate surface area is 169 Å². The highest BCUT2D eigenvalue weighted by atomic mass is 16.5. The Balaban J connectivity index is 1.76. The second kappa shape index (κ2) is 9.13. The van der Waals surface area contributed by atoms with E-state index in [0.29, 0.717) is 23.6 Å². The minimum atomic E-state index is -0.308. The van der Waals surface area contributed by atoms with Crippen LogP contribution >= 0.6 is 0 Å². The van der Waals surface area contributed by atoms with Gasteiger partial charge in [0, 0.05) is 19.2 Å². The van der Waals surface area contributed by atoms with Crippen molar-refractivity contribution in [3.63, 3.8) is 0 Å². The predicted molar refractivity (Wildman–Crippen MR) is 106 cm³/mol. The standard InChI is InChI=1S/C20H27N5O4/c1-12-18(29-15-6-4-5-13(9-15)20(27)28-3)8-7-16(22-12)19-17(10-14(21)11-26)25(2)24-23-19/h7-8,13,15,21,26H,4-6,9-11H2,1-3H3/t13-,15-/m0/s1. The molecule has 0 aromatic carbocycles. The molecule has 0 spiro atoms. The fourth-order valence-corrected chi connectivity index (χ4v) is 3.65. The molecule has 0 radical (unpaired) electrons. The lowest BCUT2D eigenvalue weighted by atomic mass is 9.87. The third-order valence-electron chi connectivity index (χ3n) is 5.25. The number of hydrogen-bond acceptors (Lipinski definition) is 8. The highest BCUT2D eigenvalue weighted by Gasteiger charge is 2.29. The van der Waals surface area contributed by atoms with Crippen LogP contribution < -0.4 is 4.74 Å². The van der Waals surface area contributed by atoms with E-state index in [1.807, 2.05) is 19.1 Å². The van der Waals surface area contributed by atoms with Crippen LogP contribution in [0.1, 0.15) is 37.1 Å². The molecule has 2 heterocycles. The molecule has 2 atom stereocenters. The maximum Gasteiger partial charge on any atom is 0.308 e. The normalized spacial score (nSPS) is 19.0. The van der Waals surface area contributed by atoms with Gasteiger partial charge < -0.3 is 20.0 Å². The molecule has 9 heteroatoms. The zero-order valence-electron chi connectivity index (χ0n) is 17.0. The van der Waals surface area contributed by atoms with Crippen molar-refractivity contribution < 1.29 is 19.4 Å². The van der Waals surface area contributed by atoms with Gasteiger partial charge in [0.1, 0.15) is 11.4 Å². The van der Waals surface area contributed by atoms with Gasteiger partial charge in [0.15, 0.2) is 0 Å². The Morgan fingerprint density at radius 1 is 1.38 bits per heavy atom. The van der Waals surface area contributed by atoms with Crippen LogP contribution in [0.3, 0.4) is 0 Å². The fourth-order valence-electron chi connectivity index (χ4n) is 3.65. The number of hydrogen-bond donors (Lipinski definition) is 2. The molecule has 1 aliphatic rings. The monoisotopic (exact) mass is 401 g/mol. The van der Waals surface area contributed by atoms with Gasteiger partial charge in [0.2, 0.25) is 0 Å². The molecule has 1 fully saturated rings. The lowest BCUT2D eigenvalue weighted by Gasteiger charge is -2.28. The molecule has 1 saturated carbocycles. The molecule has 0 amide bonds. The summed E-state index contributed by atoms with van der Waals surface area (Å²) in [6.07, 6.45) is 3.51. The van der Waals surface area contributed by atoms with E-state index in [0.717, 1.165) is 30.7 Å². The highest BCUT2D eigenvalue weighted by molar-refractivity contribution is 5.85. The summed E-state index contributed by atoms with van der Waals surface area (Å²) in [5, 5.41) is 25.1. The summed E-state index contributed by atoms with van der Waals surface area (Å²) < 4.78 is 12.6. The van der Waals surface area contributed by atoms with Crippen LogP contribution in [0.5, 0.6) is 5.75 Å². The van der Waals surface area contributed by atoms with Crippen LogP contribution in [0.2, 0.25) is 0 Å². The molecule has 156 valence electrons. The van der Waals surface area contributed by atoms with Crippen molar-refractivity contribution in [3.8, 4) is 17.1 Å². The summed E-state index contributed by atoms with van der Waals surface area (Å²) in [5.41, 5.74) is 2.85. The lowest BCUT2D eigenvalue weighted by molar-refractivity contribution is -0.147. The number of rotatable bonds is 7. The van der Waals surface area contributed by atoms with E-state index in [1.54, 1.807) is 11.7 Å². The van der Waals surface area contributed by atoms with E-state index < -0.39 is 0 Å². The summed E-state index contributed by atoms with van der Waals surface area (Å²) in [6, 6.07) is 3.67. The number of ether oxygens (including phenoxy) is 2. The second-order valence-electron chi connectivity index (χ2n) is 7.35. The Bertz CT molecular complexity index is 895. The quantitative estimate of drug-likeness (QED) is 0.536. The zero-order valence-corrected chi connectivity index (χ0v) is 17.0. The first-order valence-electron chi connectivity index (χ1n) is 9.71. The Hall–Kier alpha value is -2.81. The Kier molecular flexibility index (Phi) is 6.58. The van der Waals surface area contributed by atoms with Gasteiger partial charge in [-0.3, -0.25) is 9.48 Å². The maximum absolute atomic E-state index is 11.8. The molecule has 9 nitrogen and oxygen atoms in total. The van der Waals surface area contributed by atoms with Gasteiger partial charge in [0.05, 0.1) is 42.8 Å². The number of nitrogens with zero attached hydrogens (tertiary/aromatic N) is 4. The van der Waals surface area contributed by atoms with Crippen molar-refractivity contribution in [3.05, 3.63) is 23.5 Å². The van der Waals surface area contributed by atoms with E-state index in [2.05, 4.69) is 15.3 Å². The summed E-state index contributed by atoms with van der Waals surface area (Å²) in [7, 11) is 3.17. The summed E-state index contributed by atoms with van der Waals surface area (Å²) in [4.78, 5) is 16.5. The van der Waals surface area contributed by atoms with E-state index in [4.69, 9.17) is 20.0 Å². The number of esters is 1. The SMILES string of the molecule is COC(=O)[C@H]1CCC[C@H](Oc2ccc(-c3nnn(C)c3CC(=N)CO)nc2C)C1. The first-order valence-corrected chi connectivity index (χ1v) is 9.71. The molecule has 0 unspecified atom stereocenters. The molecule has 2 aromatic heterocycles. The van der Waals surface area contributed by atoms with E-state index in [-0.39, 0.29) is 36.7 Å². The molecule has 2 aromatic rings. The minimum Gasteiger partial charge on any atom is -0.489 e. The van der Waals surface area contributed by atoms with E-state index in [1.165, 1.54) is 7.11 Å². The average molecular weight is 401 g/mol. The molecular formula is C20H27N5O4. The maximum atomic E-state index is 11.8. The number of pyridine rings is 1. The van der Waals surface area contributed by atoms with Gasteiger partial charge in [0.25, 0.3) is 0 Å². The van der Waals surface area contributed by atoms with Crippen LogP contribution in [-0.4, -0.2) is 56.6 Å². The summed E-state index contributed by atoms with van der Waals surface area (Å²) in [6.45, 7) is 1.56. The van der Waals surface area contributed by atoms with Crippen LogP contribution in [0.15, 0.2) is 12.1 Å². The van der Waals surface area contributed by atoms with Crippen molar-refractivity contribution in [2.24, 2.45) is 13.0 Å². The van der Waals surface area contributed by atoms with Crippen molar-refractivity contribution in [2.75, 3.05) is 13.7 Å². The summed E-state index contributed by atoms with van der Waals surface area (Å²) in [5.74, 6) is 0.389. The van der Waals surface area contributed by atoms with Crippen molar-refractivity contribution in [1.82, 2.24) is 20.0 Å². The zero-order chi connectivity index (χ0) is 21.0. The van der Waals surface area contributed by atoms with Crippen molar-refractivity contribution >= 4 is 11.7 Å². The lowest BCUT2D eigenvalue weighted by Crippen LogP contribution is -2.30. The fraction of sp³-hybridized carbons (Fsp3) is 0.550. The smallest absolute Gasteiger partial charge is 0.308 e. The average Bonchev–Trinajstić information content (AvgIpc) is 3.09. The third-order valence-corrected chi connectivity index (χ3v) is 5.25. The molecule has 0 aliphatic heterocycles. The van der Waals surface area contributed by atoms with Crippen LogP contribution in [0.25, 0.3) is 11.4 Å². The molecule has 0 bridgehead atoms. The largest absolute Gasteiger partial charge is 0.489 e. The number of methoxy groups -OCH3 is 1. The Morgan fingerprint density at radius 2 is 2.17 bits per heavy atom. The van der Waals surface area contributed by atoms with Crippen LogP contribution in [0.4, 0.5) is 0 Å². The third kappa shape index (κ3) is 4.79. The molecule has 3 rings (SSSR count). The van der Waals surface area contributed by atoms with Gasteiger partial charge in [-0.05, 0) is 44.7 Å². The van der Waals surface area contributed by atoms with Gasteiger partial charge in [-0.15, -0.1) is 5.10 Å². The number of aliphatic hydroxyl groups is 1. The first-order chi connectivity index (χ1) is 13.9. The van der Waals surface area contributed by atoms with Gasteiger partial charge in [-0.25, -0.2) is 4.98 Å². The van der Waals surface area contributed by atoms with Crippen LogP contribution in [0, 0.1) is 18.3 Å². The molecule has 1 aliphatic carbocycles. The van der Waals surface area contributed by atoms with E-state index >= 15 is 0 Å². The second-order valence-corrected chi connectivity index (χ2v) is 7.35. The molecule has 2 N–H and O–H groups in total. The molecule has 0 saturated heterocycles. The first kappa shape index (κ1) is 20.9. The number of aliphatic hydroxyl groups excluding tert-OH is 1. The van der Waals surface area contributed by atoms with Crippen molar-refractivity contribution in [1.29, 1.82) is 5.41 Å². The van der Waals surface area contributed by atoms with Gasteiger partial charge in [-0.2, -0.15) is 0 Å². The van der Waals surface area contributed by atoms with E-state index in [9.17, 15) is 4.79 Å². The minimum absolute atomic E-state index is 0.0451. The molecule has 29 heavy (non-hydrogen) atoms. The summed E-state index contributed by atoms with van der Waals surface area (Å²) >= 11 is 0. The predicted octanol–water partition coefficient (Wildman–Crippen LogP) is 1.85. The van der Waals surface area contributed by atoms with Gasteiger partial charge in [-0.1, -0.05) is 5.21 Å². The number of aryl methyl sites for hydroxylation is 2.